The molecule has 1 amide bonds. The van der Waals surface area contributed by atoms with E-state index < -0.39 is 16.1 Å². The maximum atomic E-state index is 12.9. The minimum Gasteiger partial charge on any atom is -0.497 e. The number of carbonyl (C=O) groups excluding carboxylic acids is 1. The van der Waals surface area contributed by atoms with Crippen molar-refractivity contribution in [2.45, 2.75) is 39.3 Å². The van der Waals surface area contributed by atoms with Crippen molar-refractivity contribution >= 4 is 21.6 Å². The van der Waals surface area contributed by atoms with Crippen LogP contribution in [0.25, 0.3) is 0 Å². The molecule has 2 atom stereocenters. The average Bonchev–Trinajstić information content (AvgIpc) is 2.70. The Morgan fingerprint density at radius 2 is 1.63 bits per heavy atom. The average molecular weight is 435 g/mol. The molecule has 164 valence electrons. The molecule has 0 aliphatic heterocycles. The summed E-state index contributed by atoms with van der Waals surface area (Å²) in [6, 6.07) is 13.0. The van der Waals surface area contributed by atoms with Crippen LogP contribution in [0.4, 0.5) is 5.69 Å². The van der Waals surface area contributed by atoms with Gasteiger partial charge in [-0.2, -0.15) is 0 Å². The SMILES string of the molecule is CC[C@H](C(=O)N[C@@H](C)COc1ccc(C)cc1)N(c1ccc(OC)cc1)S(C)(=O)=O. The number of amides is 1. The van der Waals surface area contributed by atoms with Crippen molar-refractivity contribution in [3.63, 3.8) is 0 Å². The third-order valence-corrected chi connectivity index (χ3v) is 5.75. The molecule has 30 heavy (non-hydrogen) atoms. The molecule has 0 radical (unpaired) electrons. The Morgan fingerprint density at radius 3 is 2.13 bits per heavy atom. The Morgan fingerprint density at radius 1 is 1.07 bits per heavy atom. The molecule has 0 heterocycles. The molecular formula is C22H30N2O5S. The summed E-state index contributed by atoms with van der Waals surface area (Å²) < 4.78 is 37.0. The molecule has 0 unspecified atom stereocenters. The molecule has 0 spiro atoms. The van der Waals surface area contributed by atoms with Gasteiger partial charge in [-0.25, -0.2) is 8.42 Å². The molecule has 0 saturated carbocycles. The summed E-state index contributed by atoms with van der Waals surface area (Å²) in [4.78, 5) is 12.9. The summed E-state index contributed by atoms with van der Waals surface area (Å²) >= 11 is 0. The summed E-state index contributed by atoms with van der Waals surface area (Å²) in [7, 11) is -2.16. The maximum Gasteiger partial charge on any atom is 0.244 e. The second kappa shape index (κ2) is 10.3. The second-order valence-corrected chi connectivity index (χ2v) is 9.07. The highest BCUT2D eigenvalue weighted by molar-refractivity contribution is 7.92. The molecule has 1 N–H and O–H groups in total. The van der Waals surface area contributed by atoms with Gasteiger partial charge in [0.1, 0.15) is 24.1 Å². The van der Waals surface area contributed by atoms with Crippen LogP contribution in [-0.2, 0) is 14.8 Å². The summed E-state index contributed by atoms with van der Waals surface area (Å²) in [6.45, 7) is 5.86. The highest BCUT2D eigenvalue weighted by atomic mass is 32.2. The largest absolute Gasteiger partial charge is 0.497 e. The number of benzene rings is 2. The lowest BCUT2D eigenvalue weighted by atomic mass is 10.1. The predicted octanol–water partition coefficient (Wildman–Crippen LogP) is 3.13. The number of ether oxygens (including phenoxy) is 2. The van der Waals surface area contributed by atoms with E-state index in [1.807, 2.05) is 38.1 Å². The van der Waals surface area contributed by atoms with E-state index in [9.17, 15) is 13.2 Å². The first-order valence-electron chi connectivity index (χ1n) is 9.79. The first kappa shape index (κ1) is 23.5. The van der Waals surface area contributed by atoms with Crippen LogP contribution in [0.2, 0.25) is 0 Å². The van der Waals surface area contributed by atoms with Crippen LogP contribution in [0, 0.1) is 6.92 Å². The smallest absolute Gasteiger partial charge is 0.244 e. The molecule has 2 aromatic carbocycles. The number of nitrogens with one attached hydrogen (secondary N) is 1. The molecule has 0 aromatic heterocycles. The van der Waals surface area contributed by atoms with Crippen molar-refractivity contribution in [1.29, 1.82) is 0 Å². The molecule has 7 nitrogen and oxygen atoms in total. The molecule has 8 heteroatoms. The summed E-state index contributed by atoms with van der Waals surface area (Å²) in [5, 5.41) is 2.86. The van der Waals surface area contributed by atoms with Crippen LogP contribution in [0.1, 0.15) is 25.8 Å². The van der Waals surface area contributed by atoms with E-state index in [0.717, 1.165) is 16.1 Å². The van der Waals surface area contributed by atoms with E-state index in [1.54, 1.807) is 31.2 Å². The molecule has 2 rings (SSSR count). The van der Waals surface area contributed by atoms with Gasteiger partial charge in [0.25, 0.3) is 0 Å². The van der Waals surface area contributed by atoms with Gasteiger partial charge in [0.15, 0.2) is 0 Å². The lowest BCUT2D eigenvalue weighted by Gasteiger charge is -2.31. The zero-order chi connectivity index (χ0) is 22.3. The van der Waals surface area contributed by atoms with Gasteiger partial charge in [0.2, 0.25) is 15.9 Å². The monoisotopic (exact) mass is 434 g/mol. The van der Waals surface area contributed by atoms with Crippen molar-refractivity contribution in [1.82, 2.24) is 5.32 Å². The second-order valence-electron chi connectivity index (χ2n) is 7.21. The Labute approximate surface area is 179 Å². The summed E-state index contributed by atoms with van der Waals surface area (Å²) in [5.74, 6) is 0.940. The van der Waals surface area contributed by atoms with Crippen LogP contribution in [0.5, 0.6) is 11.5 Å². The Hall–Kier alpha value is -2.74. The van der Waals surface area contributed by atoms with E-state index in [2.05, 4.69) is 5.32 Å². The van der Waals surface area contributed by atoms with Crippen LogP contribution >= 0.6 is 0 Å². The number of rotatable bonds is 10. The van der Waals surface area contributed by atoms with Crippen molar-refractivity contribution in [2.75, 3.05) is 24.3 Å². The van der Waals surface area contributed by atoms with E-state index in [1.165, 1.54) is 7.11 Å². The molecule has 2 aromatic rings. The summed E-state index contributed by atoms with van der Waals surface area (Å²) in [6.07, 6.45) is 1.41. The Balaban J connectivity index is 2.11. The number of methoxy groups -OCH3 is 1. The van der Waals surface area contributed by atoms with E-state index in [4.69, 9.17) is 9.47 Å². The first-order chi connectivity index (χ1) is 14.2. The number of carbonyl (C=O) groups is 1. The van der Waals surface area contributed by atoms with Gasteiger partial charge in [-0.1, -0.05) is 24.6 Å². The van der Waals surface area contributed by atoms with E-state index in [-0.39, 0.29) is 18.6 Å². The molecule has 0 saturated heterocycles. The fraction of sp³-hybridized carbons (Fsp3) is 0.409. The third kappa shape index (κ3) is 6.38. The Kier molecular flexibility index (Phi) is 8.11. The zero-order valence-corrected chi connectivity index (χ0v) is 18.9. The minimum absolute atomic E-state index is 0.270. The number of nitrogens with zero attached hydrogens (tertiary/aromatic N) is 1. The van der Waals surface area contributed by atoms with E-state index in [0.29, 0.717) is 23.6 Å². The molecular weight excluding hydrogens is 404 g/mol. The van der Waals surface area contributed by atoms with Crippen molar-refractivity contribution < 1.29 is 22.7 Å². The van der Waals surface area contributed by atoms with Gasteiger partial charge >= 0.3 is 0 Å². The molecule has 0 bridgehead atoms. The van der Waals surface area contributed by atoms with Gasteiger partial charge in [-0.3, -0.25) is 9.10 Å². The van der Waals surface area contributed by atoms with Crippen molar-refractivity contribution in [2.24, 2.45) is 0 Å². The quantitative estimate of drug-likeness (QED) is 0.621. The normalized spacial score (nSPS) is 13.2. The van der Waals surface area contributed by atoms with Crippen LogP contribution in [0.15, 0.2) is 48.5 Å². The van der Waals surface area contributed by atoms with Gasteiger partial charge < -0.3 is 14.8 Å². The van der Waals surface area contributed by atoms with Gasteiger partial charge in [0.05, 0.1) is 25.1 Å². The van der Waals surface area contributed by atoms with Crippen molar-refractivity contribution in [3.8, 4) is 11.5 Å². The van der Waals surface area contributed by atoms with Crippen LogP contribution in [-0.4, -0.2) is 46.4 Å². The van der Waals surface area contributed by atoms with Gasteiger partial charge in [0, 0.05) is 0 Å². The highest BCUT2D eigenvalue weighted by Gasteiger charge is 2.32. The number of hydrogen-bond donors (Lipinski definition) is 1. The molecule has 0 aliphatic rings. The number of hydrogen-bond acceptors (Lipinski definition) is 5. The number of aryl methyl sites for hydroxylation is 1. The van der Waals surface area contributed by atoms with Gasteiger partial charge in [-0.15, -0.1) is 0 Å². The zero-order valence-electron chi connectivity index (χ0n) is 18.1. The number of sulfonamides is 1. The first-order valence-corrected chi connectivity index (χ1v) is 11.6. The van der Waals surface area contributed by atoms with Crippen molar-refractivity contribution in [3.05, 3.63) is 54.1 Å². The molecule has 0 fully saturated rings. The van der Waals surface area contributed by atoms with E-state index >= 15 is 0 Å². The lowest BCUT2D eigenvalue weighted by molar-refractivity contribution is -0.123. The third-order valence-electron chi connectivity index (χ3n) is 4.57. The highest BCUT2D eigenvalue weighted by Crippen LogP contribution is 2.25. The van der Waals surface area contributed by atoms with Crippen LogP contribution in [0.3, 0.4) is 0 Å². The number of anilines is 1. The molecule has 0 aliphatic carbocycles. The maximum absolute atomic E-state index is 12.9. The topological polar surface area (TPSA) is 84.9 Å². The lowest BCUT2D eigenvalue weighted by Crippen LogP contribution is -2.52. The minimum atomic E-state index is -3.69. The standard InChI is InChI=1S/C22H30N2O5S/c1-6-21(24(30(5,26)27)18-9-13-19(28-4)14-10-18)22(25)23-17(3)15-29-20-11-7-16(2)8-12-20/h7-14,17,21H,6,15H2,1-5H3,(H,23,25)/t17-,21+/m0/s1. The summed E-state index contributed by atoms with van der Waals surface area (Å²) in [5.41, 5.74) is 1.54. The fourth-order valence-corrected chi connectivity index (χ4v) is 4.24. The fourth-order valence-electron chi connectivity index (χ4n) is 3.03. The Bertz CT molecular complexity index is 927. The predicted molar refractivity (Wildman–Crippen MR) is 119 cm³/mol. The van der Waals surface area contributed by atoms with Crippen LogP contribution < -0.4 is 19.1 Å². The van der Waals surface area contributed by atoms with Gasteiger partial charge in [-0.05, 0) is 56.7 Å².